The predicted molar refractivity (Wildman–Crippen MR) is 118 cm³/mol. The van der Waals surface area contributed by atoms with Gasteiger partial charge in [-0.1, -0.05) is 43.3 Å². The van der Waals surface area contributed by atoms with Crippen LogP contribution in [0.25, 0.3) is 0 Å². The maximum atomic E-state index is 10.7. The van der Waals surface area contributed by atoms with Crippen LogP contribution in [-0.2, 0) is 11.3 Å². The molecular formula is C25H37NO2. The van der Waals surface area contributed by atoms with E-state index < -0.39 is 0 Å². The fourth-order valence-electron chi connectivity index (χ4n) is 3.89. The van der Waals surface area contributed by atoms with E-state index in [0.29, 0.717) is 24.4 Å². The highest BCUT2D eigenvalue weighted by Crippen LogP contribution is 2.35. The fraction of sp³-hybridized carbons (Fsp3) is 0.520. The molecule has 0 saturated carbocycles. The predicted octanol–water partition coefficient (Wildman–Crippen LogP) is 5.96. The van der Waals surface area contributed by atoms with Gasteiger partial charge in [0.2, 0.25) is 0 Å². The third-order valence-electron chi connectivity index (χ3n) is 5.29. The third-order valence-corrected chi connectivity index (χ3v) is 5.29. The van der Waals surface area contributed by atoms with Gasteiger partial charge in [0, 0.05) is 30.2 Å². The molecule has 0 radical (unpaired) electrons. The second-order valence-corrected chi connectivity index (χ2v) is 8.12. The molecule has 0 aliphatic heterocycles. The van der Waals surface area contributed by atoms with Gasteiger partial charge in [-0.25, -0.2) is 0 Å². The van der Waals surface area contributed by atoms with Gasteiger partial charge in [-0.15, -0.1) is 0 Å². The number of phenols is 1. The molecule has 3 nitrogen and oxygen atoms in total. The molecule has 1 N–H and O–H groups in total. The molecule has 0 amide bonds. The minimum absolute atomic E-state index is 0.160. The summed E-state index contributed by atoms with van der Waals surface area (Å²) in [5, 5.41) is 10.7. The Labute approximate surface area is 171 Å². The summed E-state index contributed by atoms with van der Waals surface area (Å²) in [6.45, 7) is 13.5. The zero-order valence-electron chi connectivity index (χ0n) is 18.2. The minimum Gasteiger partial charge on any atom is -0.508 e. The molecule has 28 heavy (non-hydrogen) atoms. The minimum atomic E-state index is 0.160. The lowest BCUT2D eigenvalue weighted by atomic mass is 9.86. The molecule has 0 fully saturated rings. The fourth-order valence-corrected chi connectivity index (χ4v) is 3.89. The summed E-state index contributed by atoms with van der Waals surface area (Å²) in [4.78, 5) is 2.52. The molecule has 0 aliphatic rings. The normalized spacial score (nSPS) is 12.9. The van der Waals surface area contributed by atoms with Crippen molar-refractivity contribution in [2.45, 2.75) is 72.1 Å². The van der Waals surface area contributed by atoms with E-state index in [4.69, 9.17) is 4.74 Å². The van der Waals surface area contributed by atoms with Gasteiger partial charge in [0.05, 0.1) is 6.61 Å². The van der Waals surface area contributed by atoms with E-state index in [1.54, 1.807) is 0 Å². The summed E-state index contributed by atoms with van der Waals surface area (Å²) in [5.41, 5.74) is 3.36. The van der Waals surface area contributed by atoms with Crippen molar-refractivity contribution in [1.82, 2.24) is 4.90 Å². The molecule has 0 unspecified atom stereocenters. The first-order valence-electron chi connectivity index (χ1n) is 10.6. The highest BCUT2D eigenvalue weighted by molar-refractivity contribution is 5.43. The van der Waals surface area contributed by atoms with Crippen molar-refractivity contribution >= 4 is 0 Å². The van der Waals surface area contributed by atoms with E-state index in [9.17, 15) is 5.11 Å². The van der Waals surface area contributed by atoms with Crippen LogP contribution < -0.4 is 0 Å². The number of ether oxygens (including phenoxy) is 1. The molecule has 0 saturated heterocycles. The van der Waals surface area contributed by atoms with Gasteiger partial charge >= 0.3 is 0 Å². The van der Waals surface area contributed by atoms with E-state index in [-0.39, 0.29) is 5.92 Å². The first-order valence-corrected chi connectivity index (χ1v) is 10.6. The molecule has 0 aromatic heterocycles. The van der Waals surface area contributed by atoms with Gasteiger partial charge in [-0.3, -0.25) is 4.90 Å². The molecule has 2 rings (SSSR count). The monoisotopic (exact) mass is 383 g/mol. The van der Waals surface area contributed by atoms with Gasteiger partial charge in [-0.2, -0.15) is 0 Å². The Morgan fingerprint density at radius 2 is 1.64 bits per heavy atom. The van der Waals surface area contributed by atoms with E-state index in [0.717, 1.165) is 37.1 Å². The van der Waals surface area contributed by atoms with Crippen molar-refractivity contribution in [1.29, 1.82) is 0 Å². The lowest BCUT2D eigenvalue weighted by Gasteiger charge is -2.32. The number of aromatic hydroxyl groups is 1. The molecule has 3 heteroatoms. The van der Waals surface area contributed by atoms with Crippen LogP contribution in [0.15, 0.2) is 48.5 Å². The van der Waals surface area contributed by atoms with E-state index in [1.807, 2.05) is 18.2 Å². The first-order chi connectivity index (χ1) is 13.4. The van der Waals surface area contributed by atoms with E-state index >= 15 is 0 Å². The van der Waals surface area contributed by atoms with Crippen molar-refractivity contribution in [2.75, 3.05) is 13.2 Å². The number of hydrogen-bond donors (Lipinski definition) is 1. The molecule has 0 spiro atoms. The smallest absolute Gasteiger partial charge is 0.119 e. The zero-order valence-corrected chi connectivity index (χ0v) is 18.2. The zero-order chi connectivity index (χ0) is 20.5. The van der Waals surface area contributed by atoms with Crippen LogP contribution in [0.5, 0.6) is 5.75 Å². The Balaban J connectivity index is 2.30. The highest BCUT2D eigenvalue weighted by Gasteiger charge is 2.21. The van der Waals surface area contributed by atoms with Gasteiger partial charge < -0.3 is 9.84 Å². The van der Waals surface area contributed by atoms with Gasteiger partial charge in [0.25, 0.3) is 0 Å². The van der Waals surface area contributed by atoms with Crippen LogP contribution in [0, 0.1) is 0 Å². The molecule has 0 heterocycles. The Bertz CT molecular complexity index is 689. The van der Waals surface area contributed by atoms with E-state index in [2.05, 4.69) is 69.9 Å². The number of benzene rings is 2. The van der Waals surface area contributed by atoms with Crippen LogP contribution >= 0.6 is 0 Å². The van der Waals surface area contributed by atoms with Crippen LogP contribution in [0.2, 0.25) is 0 Å². The summed E-state index contributed by atoms with van der Waals surface area (Å²) in [6.07, 6.45) is 1.98. The Kier molecular flexibility index (Phi) is 9.01. The SMILES string of the molecule is CCCOCc1ccc(O)c([C@H](CCN(C(C)C)C(C)C)c2ccccc2)c1. The summed E-state index contributed by atoms with van der Waals surface area (Å²) in [6, 6.07) is 17.4. The number of nitrogens with zero attached hydrogens (tertiary/aromatic N) is 1. The molecule has 0 bridgehead atoms. The summed E-state index contributed by atoms with van der Waals surface area (Å²) >= 11 is 0. The summed E-state index contributed by atoms with van der Waals surface area (Å²) in [7, 11) is 0. The summed E-state index contributed by atoms with van der Waals surface area (Å²) < 4.78 is 5.72. The van der Waals surface area contributed by atoms with E-state index in [1.165, 1.54) is 5.56 Å². The molecule has 1 atom stereocenters. The summed E-state index contributed by atoms with van der Waals surface area (Å²) in [5.74, 6) is 0.529. The number of phenolic OH excluding ortho intramolecular Hbond substituents is 1. The largest absolute Gasteiger partial charge is 0.508 e. The quantitative estimate of drug-likeness (QED) is 0.486. The average Bonchev–Trinajstić information content (AvgIpc) is 2.67. The van der Waals surface area contributed by atoms with Crippen molar-refractivity contribution in [2.24, 2.45) is 0 Å². The van der Waals surface area contributed by atoms with Crippen molar-refractivity contribution in [3.63, 3.8) is 0 Å². The standard InChI is InChI=1S/C25H37NO2/c1-6-16-28-18-21-12-13-25(27)24(17-21)23(22-10-8-7-9-11-22)14-15-26(19(2)3)20(4)5/h7-13,17,19-20,23,27H,6,14-16,18H2,1-5H3/t23-/m1/s1. The van der Waals surface area contributed by atoms with Crippen molar-refractivity contribution < 1.29 is 9.84 Å². The molecule has 2 aromatic carbocycles. The topological polar surface area (TPSA) is 32.7 Å². The van der Waals surface area contributed by atoms with Crippen LogP contribution in [0.3, 0.4) is 0 Å². The molecular weight excluding hydrogens is 346 g/mol. The Morgan fingerprint density at radius 3 is 2.25 bits per heavy atom. The van der Waals surface area contributed by atoms with Gasteiger partial charge in [0.1, 0.15) is 5.75 Å². The maximum absolute atomic E-state index is 10.7. The second kappa shape index (κ2) is 11.2. The Hall–Kier alpha value is -1.84. The van der Waals surface area contributed by atoms with Crippen molar-refractivity contribution in [3.8, 4) is 5.75 Å². The Morgan fingerprint density at radius 1 is 0.964 bits per heavy atom. The van der Waals surface area contributed by atoms with Gasteiger partial charge in [0.15, 0.2) is 0 Å². The first kappa shape index (κ1) is 22.4. The average molecular weight is 384 g/mol. The lowest BCUT2D eigenvalue weighted by Crippen LogP contribution is -2.38. The third kappa shape index (κ3) is 6.35. The van der Waals surface area contributed by atoms with Crippen LogP contribution in [-0.4, -0.2) is 35.2 Å². The highest BCUT2D eigenvalue weighted by atomic mass is 16.5. The maximum Gasteiger partial charge on any atom is 0.119 e. The molecule has 0 aliphatic carbocycles. The number of hydrogen-bond acceptors (Lipinski definition) is 3. The lowest BCUT2D eigenvalue weighted by molar-refractivity contribution is 0.121. The van der Waals surface area contributed by atoms with Crippen LogP contribution in [0.4, 0.5) is 0 Å². The van der Waals surface area contributed by atoms with Crippen molar-refractivity contribution in [3.05, 3.63) is 65.2 Å². The molecule has 154 valence electrons. The second-order valence-electron chi connectivity index (χ2n) is 8.12. The number of rotatable bonds is 11. The molecule has 2 aromatic rings. The van der Waals surface area contributed by atoms with Gasteiger partial charge in [-0.05, 0) is 70.3 Å². The van der Waals surface area contributed by atoms with Crippen LogP contribution in [0.1, 0.15) is 70.1 Å².